The van der Waals surface area contributed by atoms with E-state index in [0.29, 0.717) is 6.42 Å². The minimum absolute atomic E-state index is 0.162. The number of carbonyl (C=O) groups is 1. The van der Waals surface area contributed by atoms with Crippen LogP contribution < -0.4 is 5.43 Å². The molecule has 0 aromatic rings. The first-order valence-electron chi connectivity index (χ1n) is 2.67. The summed E-state index contributed by atoms with van der Waals surface area (Å²) >= 11 is 0. The third-order valence-electron chi connectivity index (χ3n) is 0.879. The molecule has 5 heteroatoms. The van der Waals surface area contributed by atoms with Gasteiger partial charge in [-0.2, -0.15) is 0 Å². The molecule has 2 N–H and O–H groups in total. The average molecular weight is 142 g/mol. The van der Waals surface area contributed by atoms with Gasteiger partial charge in [-0.3, -0.25) is 5.43 Å². The molecule has 0 spiro atoms. The first kappa shape index (κ1) is 6.60. The normalized spacial score (nSPS) is 15.4. The lowest BCUT2D eigenvalue weighted by Crippen LogP contribution is -2.15. The zero-order valence-corrected chi connectivity index (χ0v) is 5.07. The fraction of sp³-hybridized carbons (Fsp3) is 0.200. The number of hydrazone groups is 1. The molecule has 10 heavy (non-hydrogen) atoms. The Balaban J connectivity index is 2.41. The van der Waals surface area contributed by atoms with E-state index in [1.807, 2.05) is 0 Å². The highest BCUT2D eigenvalue weighted by Crippen LogP contribution is 1.95. The number of rotatable bonds is 0. The Morgan fingerprint density at radius 1 is 1.90 bits per heavy atom. The Morgan fingerprint density at radius 3 is 3.20 bits per heavy atom. The summed E-state index contributed by atoms with van der Waals surface area (Å²) in [5.41, 5.74) is 2.46. The van der Waals surface area contributed by atoms with E-state index < -0.39 is 6.16 Å². The Bertz CT molecular complexity index is 197. The van der Waals surface area contributed by atoms with Crippen molar-refractivity contribution in [2.24, 2.45) is 5.10 Å². The third kappa shape index (κ3) is 1.77. The molecule has 54 valence electrons. The van der Waals surface area contributed by atoms with Crippen molar-refractivity contribution in [3.63, 3.8) is 0 Å². The van der Waals surface area contributed by atoms with Crippen LogP contribution in [0.15, 0.2) is 17.4 Å². The Labute approximate surface area is 57.0 Å². The van der Waals surface area contributed by atoms with Crippen LogP contribution >= 0.6 is 0 Å². The van der Waals surface area contributed by atoms with Gasteiger partial charge in [0.2, 0.25) is 5.90 Å². The van der Waals surface area contributed by atoms with E-state index in [1.165, 1.54) is 0 Å². The van der Waals surface area contributed by atoms with Crippen LogP contribution in [0.3, 0.4) is 0 Å². The SMILES string of the molecule is O=C(O)OC1=NNC=CC1. The second-order valence-electron chi connectivity index (χ2n) is 1.61. The van der Waals surface area contributed by atoms with Crippen LogP contribution in [-0.2, 0) is 4.74 Å². The van der Waals surface area contributed by atoms with E-state index in [0.717, 1.165) is 0 Å². The van der Waals surface area contributed by atoms with Crippen molar-refractivity contribution in [1.29, 1.82) is 0 Å². The molecule has 1 rings (SSSR count). The number of hydrogen-bond acceptors (Lipinski definition) is 4. The summed E-state index contributed by atoms with van der Waals surface area (Å²) in [5.74, 6) is 0.162. The van der Waals surface area contributed by atoms with Crippen molar-refractivity contribution in [2.45, 2.75) is 6.42 Å². The van der Waals surface area contributed by atoms with Gasteiger partial charge in [0, 0.05) is 12.6 Å². The quantitative estimate of drug-likeness (QED) is 0.483. The molecule has 0 amide bonds. The second-order valence-corrected chi connectivity index (χ2v) is 1.61. The maximum atomic E-state index is 9.91. The zero-order valence-electron chi connectivity index (χ0n) is 5.07. The van der Waals surface area contributed by atoms with Gasteiger partial charge < -0.3 is 9.84 Å². The maximum absolute atomic E-state index is 9.91. The van der Waals surface area contributed by atoms with Gasteiger partial charge >= 0.3 is 6.16 Å². The molecule has 0 unspecified atom stereocenters. The van der Waals surface area contributed by atoms with Crippen molar-refractivity contribution in [1.82, 2.24) is 5.43 Å². The molecule has 5 nitrogen and oxygen atoms in total. The van der Waals surface area contributed by atoms with Gasteiger partial charge in [0.25, 0.3) is 0 Å². The molecule has 1 aliphatic heterocycles. The highest BCUT2D eigenvalue weighted by atomic mass is 16.7. The fourth-order valence-electron chi connectivity index (χ4n) is 0.533. The maximum Gasteiger partial charge on any atom is 0.512 e. The Hall–Kier alpha value is -1.52. The molecule has 1 heterocycles. The Kier molecular flexibility index (Phi) is 1.89. The van der Waals surface area contributed by atoms with Crippen LogP contribution in [0.5, 0.6) is 0 Å². The van der Waals surface area contributed by atoms with E-state index >= 15 is 0 Å². The lowest BCUT2D eigenvalue weighted by molar-refractivity contribution is 0.139. The van der Waals surface area contributed by atoms with E-state index in [2.05, 4.69) is 15.3 Å². The molecule has 0 radical (unpaired) electrons. The van der Waals surface area contributed by atoms with Crippen molar-refractivity contribution in [3.8, 4) is 0 Å². The van der Waals surface area contributed by atoms with Gasteiger partial charge in [-0.1, -0.05) is 6.08 Å². The lowest BCUT2D eigenvalue weighted by atomic mass is 10.4. The first-order valence-corrected chi connectivity index (χ1v) is 2.67. The molecule has 0 aromatic heterocycles. The van der Waals surface area contributed by atoms with E-state index in [4.69, 9.17) is 5.11 Å². The number of nitrogens with one attached hydrogen (secondary N) is 1. The molecule has 0 saturated carbocycles. The van der Waals surface area contributed by atoms with E-state index in [-0.39, 0.29) is 5.90 Å². The molecule has 0 saturated heterocycles. The lowest BCUT2D eigenvalue weighted by Gasteiger charge is -2.04. The van der Waals surface area contributed by atoms with Crippen molar-refractivity contribution >= 4 is 12.1 Å². The average Bonchev–Trinajstić information content (AvgIpc) is 1.88. The van der Waals surface area contributed by atoms with Crippen LogP contribution in [0.2, 0.25) is 0 Å². The summed E-state index contributed by atoms with van der Waals surface area (Å²) in [7, 11) is 0. The molecule has 0 aliphatic carbocycles. The van der Waals surface area contributed by atoms with Gasteiger partial charge in [0.1, 0.15) is 0 Å². The molecule has 0 atom stereocenters. The van der Waals surface area contributed by atoms with Crippen molar-refractivity contribution in [3.05, 3.63) is 12.3 Å². The third-order valence-corrected chi connectivity index (χ3v) is 0.879. The Morgan fingerprint density at radius 2 is 2.70 bits per heavy atom. The first-order chi connectivity index (χ1) is 4.79. The summed E-state index contributed by atoms with van der Waals surface area (Å²) in [6, 6.07) is 0. The van der Waals surface area contributed by atoms with Crippen LogP contribution in [0, 0.1) is 0 Å². The van der Waals surface area contributed by atoms with Crippen LogP contribution in [-0.4, -0.2) is 17.2 Å². The van der Waals surface area contributed by atoms with Crippen LogP contribution in [0.1, 0.15) is 6.42 Å². The number of ether oxygens (including phenoxy) is 1. The van der Waals surface area contributed by atoms with Crippen molar-refractivity contribution < 1.29 is 14.6 Å². The van der Waals surface area contributed by atoms with Gasteiger partial charge in [0.15, 0.2) is 0 Å². The predicted molar refractivity (Wildman–Crippen MR) is 33.4 cm³/mol. The summed E-state index contributed by atoms with van der Waals surface area (Å²) in [6.07, 6.45) is 2.40. The molecule has 0 aromatic carbocycles. The molecule has 0 bridgehead atoms. The van der Waals surface area contributed by atoms with Crippen molar-refractivity contribution in [2.75, 3.05) is 0 Å². The predicted octanol–water partition coefficient (Wildman–Crippen LogP) is 0.502. The number of hydrogen-bond donors (Lipinski definition) is 2. The zero-order chi connectivity index (χ0) is 7.40. The second kappa shape index (κ2) is 2.86. The fourth-order valence-corrected chi connectivity index (χ4v) is 0.533. The molecule has 1 aliphatic rings. The molecular weight excluding hydrogens is 136 g/mol. The highest BCUT2D eigenvalue weighted by Gasteiger charge is 2.05. The number of carboxylic acid groups (broad SMARTS) is 1. The van der Waals surface area contributed by atoms with Gasteiger partial charge in [0.05, 0.1) is 0 Å². The summed E-state index contributed by atoms with van der Waals surface area (Å²) in [5, 5.41) is 11.7. The topological polar surface area (TPSA) is 70.9 Å². The standard InChI is InChI=1S/C5H6N2O3/c8-5(9)10-4-2-1-3-6-7-4/h1,3,6H,2H2,(H,8,9). The van der Waals surface area contributed by atoms with Gasteiger partial charge in [-0.05, 0) is 0 Å². The van der Waals surface area contributed by atoms with E-state index in [9.17, 15) is 4.79 Å². The minimum atomic E-state index is -1.34. The summed E-state index contributed by atoms with van der Waals surface area (Å²) < 4.78 is 4.24. The smallest absolute Gasteiger partial charge is 0.449 e. The summed E-state index contributed by atoms with van der Waals surface area (Å²) in [6.45, 7) is 0. The monoisotopic (exact) mass is 142 g/mol. The van der Waals surface area contributed by atoms with Gasteiger partial charge in [-0.25, -0.2) is 4.79 Å². The van der Waals surface area contributed by atoms with E-state index in [1.54, 1.807) is 12.3 Å². The molecular formula is C5H6N2O3. The minimum Gasteiger partial charge on any atom is -0.449 e. The van der Waals surface area contributed by atoms with Crippen LogP contribution in [0.25, 0.3) is 0 Å². The van der Waals surface area contributed by atoms with Crippen LogP contribution in [0.4, 0.5) is 4.79 Å². The number of nitrogens with zero attached hydrogens (tertiary/aromatic N) is 1. The summed E-state index contributed by atoms with van der Waals surface area (Å²) in [4.78, 5) is 9.91. The largest absolute Gasteiger partial charge is 0.512 e. The highest BCUT2D eigenvalue weighted by molar-refractivity contribution is 5.86. The van der Waals surface area contributed by atoms with Gasteiger partial charge in [-0.15, -0.1) is 5.10 Å². The molecule has 0 fully saturated rings.